The number of aromatic nitrogens is 3. The number of H-pyrrole nitrogens is 1. The van der Waals surface area contributed by atoms with Gasteiger partial charge in [0.05, 0.1) is 24.1 Å². The molecule has 0 aliphatic carbocycles. The molecular formula is C22H22N4O2S. The van der Waals surface area contributed by atoms with Crippen LogP contribution >= 0.6 is 11.3 Å². The largest absolute Gasteiger partial charge is 0.370 e. The SMILES string of the molecule is CN(Cc1ccccc1)c1nc2sc3c(=O)[nH]cnc3c2c2c1COC(C)(C)C2. The van der Waals surface area contributed by atoms with E-state index in [-0.39, 0.29) is 11.2 Å². The molecule has 0 unspecified atom stereocenters. The van der Waals surface area contributed by atoms with Gasteiger partial charge in [-0.15, -0.1) is 11.3 Å². The van der Waals surface area contributed by atoms with Crippen LogP contribution in [-0.4, -0.2) is 27.6 Å². The molecule has 1 aliphatic rings. The van der Waals surface area contributed by atoms with Crippen LogP contribution in [0.1, 0.15) is 30.5 Å². The molecule has 148 valence electrons. The highest BCUT2D eigenvalue weighted by Crippen LogP contribution is 2.41. The van der Waals surface area contributed by atoms with Gasteiger partial charge in [-0.1, -0.05) is 30.3 Å². The van der Waals surface area contributed by atoms with Crippen LogP contribution < -0.4 is 10.5 Å². The van der Waals surface area contributed by atoms with Gasteiger partial charge in [0.1, 0.15) is 15.3 Å². The summed E-state index contributed by atoms with van der Waals surface area (Å²) >= 11 is 1.41. The standard InChI is InChI=1S/C22H22N4O2S/c1-22(2)9-14-15(11-28-22)19(26(3)10-13-7-5-4-6-8-13)25-21-16(14)17-18(29-21)20(27)24-12-23-17/h4-8,12H,9-11H2,1-3H3,(H,23,24,27). The topological polar surface area (TPSA) is 71.1 Å². The van der Waals surface area contributed by atoms with Gasteiger partial charge in [0, 0.05) is 31.0 Å². The van der Waals surface area contributed by atoms with Crippen molar-refractivity contribution in [2.45, 2.75) is 39.0 Å². The highest BCUT2D eigenvalue weighted by molar-refractivity contribution is 7.25. The molecule has 0 spiro atoms. The van der Waals surface area contributed by atoms with Crippen LogP contribution in [-0.2, 0) is 24.3 Å². The number of pyridine rings is 1. The lowest BCUT2D eigenvalue weighted by Crippen LogP contribution is -2.33. The van der Waals surface area contributed by atoms with Crippen molar-refractivity contribution >= 4 is 37.6 Å². The van der Waals surface area contributed by atoms with Gasteiger partial charge in [-0.2, -0.15) is 0 Å². The fraction of sp³-hybridized carbons (Fsp3) is 0.318. The Morgan fingerprint density at radius 1 is 1.24 bits per heavy atom. The summed E-state index contributed by atoms with van der Waals surface area (Å²) in [4.78, 5) is 27.5. The number of hydrogen-bond donors (Lipinski definition) is 1. The first-order chi connectivity index (χ1) is 13.9. The van der Waals surface area contributed by atoms with Crippen LogP contribution in [0, 0.1) is 0 Å². The Bertz CT molecular complexity index is 1280. The van der Waals surface area contributed by atoms with Crippen LogP contribution in [0.25, 0.3) is 20.4 Å². The number of anilines is 1. The lowest BCUT2D eigenvalue weighted by Gasteiger charge is -2.34. The molecule has 4 aromatic rings. The minimum Gasteiger partial charge on any atom is -0.370 e. The number of rotatable bonds is 3. The average Bonchev–Trinajstić information content (AvgIpc) is 3.07. The smallest absolute Gasteiger partial charge is 0.268 e. The van der Waals surface area contributed by atoms with Crippen molar-refractivity contribution in [3.05, 3.63) is 63.7 Å². The van der Waals surface area contributed by atoms with Gasteiger partial charge in [-0.05, 0) is 25.0 Å². The van der Waals surface area contributed by atoms with Crippen LogP contribution in [0.15, 0.2) is 41.5 Å². The van der Waals surface area contributed by atoms with Gasteiger partial charge in [-0.3, -0.25) is 4.79 Å². The first-order valence-electron chi connectivity index (χ1n) is 9.63. The van der Waals surface area contributed by atoms with Gasteiger partial charge >= 0.3 is 0 Å². The maximum absolute atomic E-state index is 12.4. The lowest BCUT2D eigenvalue weighted by atomic mass is 9.90. The van der Waals surface area contributed by atoms with Crippen LogP contribution in [0.4, 0.5) is 5.82 Å². The third kappa shape index (κ3) is 3.10. The molecule has 1 aliphatic heterocycles. The van der Waals surface area contributed by atoms with Gasteiger partial charge in [0.15, 0.2) is 0 Å². The molecule has 29 heavy (non-hydrogen) atoms. The van der Waals surface area contributed by atoms with E-state index in [1.807, 2.05) is 18.2 Å². The zero-order valence-electron chi connectivity index (χ0n) is 16.7. The summed E-state index contributed by atoms with van der Waals surface area (Å²) in [5.41, 5.74) is 3.87. The van der Waals surface area contributed by atoms with Crippen molar-refractivity contribution in [1.82, 2.24) is 15.0 Å². The van der Waals surface area contributed by atoms with E-state index in [9.17, 15) is 4.79 Å². The number of ether oxygens (including phenoxy) is 1. The Kier molecular flexibility index (Phi) is 4.18. The van der Waals surface area contributed by atoms with Crippen molar-refractivity contribution in [2.75, 3.05) is 11.9 Å². The first-order valence-corrected chi connectivity index (χ1v) is 10.5. The second-order valence-electron chi connectivity index (χ2n) is 8.15. The molecule has 6 nitrogen and oxygen atoms in total. The van der Waals surface area contributed by atoms with Crippen molar-refractivity contribution in [1.29, 1.82) is 0 Å². The molecule has 1 aromatic carbocycles. The highest BCUT2D eigenvalue weighted by Gasteiger charge is 2.32. The monoisotopic (exact) mass is 406 g/mol. The van der Waals surface area contributed by atoms with Crippen molar-refractivity contribution < 1.29 is 4.74 Å². The quantitative estimate of drug-likeness (QED) is 0.556. The number of fused-ring (bicyclic) bond motifs is 5. The molecule has 0 fully saturated rings. The molecule has 0 radical (unpaired) electrons. The molecule has 0 atom stereocenters. The predicted octanol–water partition coefficient (Wildman–Crippen LogP) is 4.02. The van der Waals surface area contributed by atoms with E-state index in [1.165, 1.54) is 28.8 Å². The summed E-state index contributed by atoms with van der Waals surface area (Å²) in [5.74, 6) is 0.912. The maximum atomic E-state index is 12.4. The fourth-order valence-corrected chi connectivity index (χ4v) is 5.10. The van der Waals surface area contributed by atoms with Crippen LogP contribution in [0.2, 0.25) is 0 Å². The molecule has 1 N–H and O–H groups in total. The minimum absolute atomic E-state index is 0.114. The molecular weight excluding hydrogens is 384 g/mol. The molecule has 0 saturated carbocycles. The van der Waals surface area contributed by atoms with Gasteiger partial charge in [-0.25, -0.2) is 9.97 Å². The summed E-state index contributed by atoms with van der Waals surface area (Å²) < 4.78 is 6.77. The number of aromatic amines is 1. The number of thiophene rings is 1. The third-order valence-corrected chi connectivity index (χ3v) is 6.51. The molecule has 5 rings (SSSR count). The second-order valence-corrected chi connectivity index (χ2v) is 9.15. The lowest BCUT2D eigenvalue weighted by molar-refractivity contribution is -0.0395. The molecule has 4 heterocycles. The number of nitrogens with one attached hydrogen (secondary N) is 1. The maximum Gasteiger partial charge on any atom is 0.268 e. The fourth-order valence-electron chi connectivity index (χ4n) is 4.05. The Balaban J connectivity index is 1.74. The molecule has 0 saturated heterocycles. The highest BCUT2D eigenvalue weighted by atomic mass is 32.1. The molecule has 0 amide bonds. The van der Waals surface area contributed by atoms with Crippen molar-refractivity contribution in [2.24, 2.45) is 0 Å². The summed E-state index contributed by atoms with van der Waals surface area (Å²) in [7, 11) is 2.06. The van der Waals surface area contributed by atoms with E-state index in [2.05, 4.69) is 47.9 Å². The van der Waals surface area contributed by atoms with Crippen LogP contribution in [0.3, 0.4) is 0 Å². The van der Waals surface area contributed by atoms with E-state index in [0.29, 0.717) is 11.3 Å². The van der Waals surface area contributed by atoms with E-state index in [0.717, 1.165) is 40.1 Å². The van der Waals surface area contributed by atoms with Gasteiger partial charge < -0.3 is 14.6 Å². The number of benzene rings is 1. The van der Waals surface area contributed by atoms with E-state index >= 15 is 0 Å². The average molecular weight is 407 g/mol. The third-order valence-electron chi connectivity index (χ3n) is 5.44. The molecule has 0 bridgehead atoms. The van der Waals surface area contributed by atoms with E-state index < -0.39 is 0 Å². The van der Waals surface area contributed by atoms with Gasteiger partial charge in [0.25, 0.3) is 5.56 Å². The van der Waals surface area contributed by atoms with E-state index in [4.69, 9.17) is 9.72 Å². The van der Waals surface area contributed by atoms with E-state index in [1.54, 1.807) is 0 Å². The Labute approximate surface area is 172 Å². The Hall–Kier alpha value is -2.77. The zero-order chi connectivity index (χ0) is 20.2. The summed E-state index contributed by atoms with van der Waals surface area (Å²) in [6, 6.07) is 10.3. The van der Waals surface area contributed by atoms with Crippen molar-refractivity contribution in [3.63, 3.8) is 0 Å². The predicted molar refractivity (Wildman–Crippen MR) is 117 cm³/mol. The Morgan fingerprint density at radius 2 is 2.03 bits per heavy atom. The summed E-state index contributed by atoms with van der Waals surface area (Å²) in [5, 5.41) is 0.999. The molecule has 3 aromatic heterocycles. The van der Waals surface area contributed by atoms with Gasteiger partial charge in [0.2, 0.25) is 0 Å². The van der Waals surface area contributed by atoms with Crippen LogP contribution in [0.5, 0.6) is 0 Å². The first kappa shape index (κ1) is 18.3. The van der Waals surface area contributed by atoms with Crippen molar-refractivity contribution in [3.8, 4) is 0 Å². The zero-order valence-corrected chi connectivity index (χ0v) is 17.5. The summed E-state index contributed by atoms with van der Waals surface area (Å²) in [6.07, 6.45) is 2.23. The number of hydrogen-bond acceptors (Lipinski definition) is 6. The number of nitrogens with zero attached hydrogens (tertiary/aromatic N) is 3. The molecule has 7 heteroatoms. The minimum atomic E-state index is -0.272. The second kappa shape index (κ2) is 6.64. The summed E-state index contributed by atoms with van der Waals surface area (Å²) in [6.45, 7) is 5.45. The normalized spacial score (nSPS) is 15.6. The Morgan fingerprint density at radius 3 is 2.83 bits per heavy atom.